The fourth-order valence-electron chi connectivity index (χ4n) is 3.92. The Hall–Kier alpha value is -2.70. The minimum Gasteiger partial charge on any atom is -0.339 e. The number of likely N-dealkylation sites (tertiary alicyclic amines) is 1. The van der Waals surface area contributed by atoms with Crippen LogP contribution in [0, 0.1) is 5.92 Å². The van der Waals surface area contributed by atoms with Crippen molar-refractivity contribution in [3.8, 4) is 0 Å². The first-order valence-electron chi connectivity index (χ1n) is 9.21. The molecule has 1 aliphatic carbocycles. The smallest absolute Gasteiger partial charge is 0.229 e. The molecule has 1 N–H and O–H groups in total. The standard InChI is InChI=1S/C19H23N5O2/c25-18-9-15(11-24(18)17-3-1-2-4-17)19(26)22-16-7-5-14(6-8-16)10-23-13-20-12-21-23/h5-8,12-13,15,17H,1-4,9-11H2,(H,22,26). The highest BCUT2D eigenvalue weighted by molar-refractivity contribution is 5.97. The van der Waals surface area contributed by atoms with Gasteiger partial charge in [-0.15, -0.1) is 0 Å². The van der Waals surface area contributed by atoms with Gasteiger partial charge in [0.05, 0.1) is 12.5 Å². The molecule has 7 heteroatoms. The average molecular weight is 353 g/mol. The number of anilines is 1. The van der Waals surface area contributed by atoms with Gasteiger partial charge in [0.15, 0.2) is 0 Å². The van der Waals surface area contributed by atoms with Crippen LogP contribution in [0.15, 0.2) is 36.9 Å². The highest BCUT2D eigenvalue weighted by atomic mass is 16.2. The van der Waals surface area contributed by atoms with E-state index in [0.29, 0.717) is 25.6 Å². The molecule has 26 heavy (non-hydrogen) atoms. The van der Waals surface area contributed by atoms with E-state index >= 15 is 0 Å². The van der Waals surface area contributed by atoms with Crippen molar-refractivity contribution in [1.82, 2.24) is 19.7 Å². The van der Waals surface area contributed by atoms with Gasteiger partial charge in [-0.1, -0.05) is 25.0 Å². The fraction of sp³-hybridized carbons (Fsp3) is 0.474. The zero-order chi connectivity index (χ0) is 17.9. The van der Waals surface area contributed by atoms with E-state index in [1.54, 1.807) is 11.0 Å². The Labute approximate surface area is 152 Å². The molecule has 2 heterocycles. The first-order chi connectivity index (χ1) is 12.7. The summed E-state index contributed by atoms with van der Waals surface area (Å²) in [5, 5.41) is 7.03. The zero-order valence-corrected chi connectivity index (χ0v) is 14.7. The molecule has 1 aromatic heterocycles. The van der Waals surface area contributed by atoms with Gasteiger partial charge < -0.3 is 10.2 Å². The summed E-state index contributed by atoms with van der Waals surface area (Å²) >= 11 is 0. The molecule has 1 saturated carbocycles. The third-order valence-electron chi connectivity index (χ3n) is 5.33. The van der Waals surface area contributed by atoms with Gasteiger partial charge in [0, 0.05) is 24.7 Å². The Kier molecular flexibility index (Phi) is 4.69. The van der Waals surface area contributed by atoms with Gasteiger partial charge in [0.25, 0.3) is 0 Å². The average Bonchev–Trinajstić information content (AvgIpc) is 3.38. The second-order valence-corrected chi connectivity index (χ2v) is 7.16. The summed E-state index contributed by atoms with van der Waals surface area (Å²) in [5.74, 6) is -0.193. The van der Waals surface area contributed by atoms with Crippen molar-refractivity contribution >= 4 is 17.5 Å². The lowest BCUT2D eigenvalue weighted by Crippen LogP contribution is -2.35. The third-order valence-corrected chi connectivity index (χ3v) is 5.33. The van der Waals surface area contributed by atoms with E-state index < -0.39 is 0 Å². The summed E-state index contributed by atoms with van der Waals surface area (Å²) in [6, 6.07) is 8.03. The largest absolute Gasteiger partial charge is 0.339 e. The van der Waals surface area contributed by atoms with Gasteiger partial charge in [-0.2, -0.15) is 5.10 Å². The van der Waals surface area contributed by atoms with Crippen LogP contribution in [0.4, 0.5) is 5.69 Å². The highest BCUT2D eigenvalue weighted by Crippen LogP contribution is 2.30. The molecule has 0 bridgehead atoms. The van der Waals surface area contributed by atoms with Crippen molar-refractivity contribution in [3.05, 3.63) is 42.5 Å². The van der Waals surface area contributed by atoms with Crippen LogP contribution in [-0.2, 0) is 16.1 Å². The molecule has 0 radical (unpaired) electrons. The van der Waals surface area contributed by atoms with E-state index in [1.165, 1.54) is 19.2 Å². The summed E-state index contributed by atoms with van der Waals surface area (Å²) in [5.41, 5.74) is 1.83. The quantitative estimate of drug-likeness (QED) is 0.892. The Morgan fingerprint density at radius 2 is 1.96 bits per heavy atom. The van der Waals surface area contributed by atoms with Crippen LogP contribution < -0.4 is 5.32 Å². The van der Waals surface area contributed by atoms with Gasteiger partial charge in [0.2, 0.25) is 11.8 Å². The van der Waals surface area contributed by atoms with Crippen molar-refractivity contribution in [2.45, 2.75) is 44.7 Å². The van der Waals surface area contributed by atoms with Crippen LogP contribution in [0.3, 0.4) is 0 Å². The summed E-state index contributed by atoms with van der Waals surface area (Å²) in [6.07, 6.45) is 8.03. The molecule has 1 unspecified atom stereocenters. The molecule has 4 rings (SSSR count). The van der Waals surface area contributed by atoms with Crippen LogP contribution >= 0.6 is 0 Å². The minimum atomic E-state index is -0.252. The van der Waals surface area contributed by atoms with Gasteiger partial charge in [0.1, 0.15) is 12.7 Å². The molecule has 1 saturated heterocycles. The van der Waals surface area contributed by atoms with E-state index in [1.807, 2.05) is 29.2 Å². The van der Waals surface area contributed by atoms with E-state index in [0.717, 1.165) is 24.1 Å². The maximum atomic E-state index is 12.5. The molecule has 136 valence electrons. The molecule has 1 aromatic carbocycles. The van der Waals surface area contributed by atoms with Crippen molar-refractivity contribution in [2.24, 2.45) is 5.92 Å². The lowest BCUT2D eigenvalue weighted by Gasteiger charge is -2.23. The van der Waals surface area contributed by atoms with Crippen LogP contribution in [0.25, 0.3) is 0 Å². The molecular formula is C19H23N5O2. The Balaban J connectivity index is 1.33. The number of aromatic nitrogens is 3. The van der Waals surface area contributed by atoms with Crippen molar-refractivity contribution in [1.29, 1.82) is 0 Å². The van der Waals surface area contributed by atoms with Crippen LogP contribution in [0.1, 0.15) is 37.7 Å². The fourth-order valence-corrected chi connectivity index (χ4v) is 3.92. The molecule has 0 spiro atoms. The Morgan fingerprint density at radius 3 is 2.65 bits per heavy atom. The molecule has 2 aliphatic rings. The first kappa shape index (κ1) is 16.8. The number of amides is 2. The van der Waals surface area contributed by atoms with Crippen molar-refractivity contribution in [2.75, 3.05) is 11.9 Å². The maximum Gasteiger partial charge on any atom is 0.229 e. The van der Waals surface area contributed by atoms with Gasteiger partial charge >= 0.3 is 0 Å². The van der Waals surface area contributed by atoms with E-state index in [9.17, 15) is 9.59 Å². The molecule has 2 amide bonds. The van der Waals surface area contributed by atoms with Crippen LogP contribution in [0.5, 0.6) is 0 Å². The number of hydrogen-bond donors (Lipinski definition) is 1. The van der Waals surface area contributed by atoms with Crippen LogP contribution in [-0.4, -0.2) is 44.1 Å². The minimum absolute atomic E-state index is 0.0668. The van der Waals surface area contributed by atoms with E-state index in [4.69, 9.17) is 0 Å². The molecular weight excluding hydrogens is 330 g/mol. The maximum absolute atomic E-state index is 12.5. The SMILES string of the molecule is O=C(Nc1ccc(Cn2cncn2)cc1)C1CC(=O)N(C2CCCC2)C1. The number of rotatable bonds is 5. The van der Waals surface area contributed by atoms with Gasteiger partial charge in [-0.3, -0.25) is 9.59 Å². The number of carbonyl (C=O) groups is 2. The van der Waals surface area contributed by atoms with Crippen molar-refractivity contribution in [3.63, 3.8) is 0 Å². The highest BCUT2D eigenvalue weighted by Gasteiger charge is 2.38. The lowest BCUT2D eigenvalue weighted by molar-refractivity contribution is -0.129. The summed E-state index contributed by atoms with van der Waals surface area (Å²) in [4.78, 5) is 30.7. The number of nitrogens with one attached hydrogen (secondary N) is 1. The Bertz CT molecular complexity index is 766. The summed E-state index contributed by atoms with van der Waals surface area (Å²) in [7, 11) is 0. The van der Waals surface area contributed by atoms with Gasteiger partial charge in [-0.25, -0.2) is 9.67 Å². The van der Waals surface area contributed by atoms with E-state index in [2.05, 4.69) is 15.4 Å². The van der Waals surface area contributed by atoms with E-state index in [-0.39, 0.29) is 17.7 Å². The number of benzene rings is 1. The molecule has 2 aromatic rings. The molecule has 1 atom stereocenters. The van der Waals surface area contributed by atoms with Gasteiger partial charge in [-0.05, 0) is 30.5 Å². The topological polar surface area (TPSA) is 80.1 Å². The number of carbonyl (C=O) groups excluding carboxylic acids is 2. The monoisotopic (exact) mass is 353 g/mol. The number of hydrogen-bond acceptors (Lipinski definition) is 4. The summed E-state index contributed by atoms with van der Waals surface area (Å²) < 4.78 is 1.75. The third kappa shape index (κ3) is 3.61. The van der Waals surface area contributed by atoms with Crippen molar-refractivity contribution < 1.29 is 9.59 Å². The summed E-state index contributed by atoms with van der Waals surface area (Å²) in [6.45, 7) is 1.20. The predicted octanol–water partition coefficient (Wildman–Crippen LogP) is 2.06. The number of nitrogens with zero attached hydrogens (tertiary/aromatic N) is 4. The molecule has 7 nitrogen and oxygen atoms in total. The zero-order valence-electron chi connectivity index (χ0n) is 14.7. The predicted molar refractivity (Wildman–Crippen MR) is 96.3 cm³/mol. The first-order valence-corrected chi connectivity index (χ1v) is 9.21. The second kappa shape index (κ2) is 7.27. The normalized spacial score (nSPS) is 20.7. The lowest BCUT2D eigenvalue weighted by atomic mass is 10.1. The van der Waals surface area contributed by atoms with Crippen LogP contribution in [0.2, 0.25) is 0 Å². The second-order valence-electron chi connectivity index (χ2n) is 7.16. The molecule has 1 aliphatic heterocycles. The Morgan fingerprint density at radius 1 is 1.19 bits per heavy atom. The molecule has 2 fully saturated rings.